The topological polar surface area (TPSA) is 66.3 Å². The fraction of sp³-hybridized carbons (Fsp3) is 0.167. The minimum absolute atomic E-state index is 0.290. The smallest absolute Gasteiger partial charge is 0.368 e. The molecular weight excluding hydrogens is 390 g/mol. The van der Waals surface area contributed by atoms with Crippen molar-refractivity contribution < 1.29 is 4.74 Å². The van der Waals surface area contributed by atoms with Crippen LogP contribution in [-0.4, -0.2) is 19.8 Å². The summed E-state index contributed by atoms with van der Waals surface area (Å²) >= 11 is 0. The molecule has 154 valence electrons. The Kier molecular flexibility index (Phi) is 5.37. The summed E-state index contributed by atoms with van der Waals surface area (Å²) in [4.78, 5) is 15.8. The van der Waals surface area contributed by atoms with Gasteiger partial charge in [-0.05, 0) is 70.8 Å². The Labute approximate surface area is 179 Å². The van der Waals surface area contributed by atoms with E-state index in [1.165, 1.54) is 9.36 Å². The molecule has 0 amide bonds. The van der Waals surface area contributed by atoms with Crippen LogP contribution in [0.2, 0.25) is 0 Å². The lowest BCUT2D eigenvalue weighted by atomic mass is 10.0. The number of benzene rings is 3. The average molecular weight is 411 g/mol. The summed E-state index contributed by atoms with van der Waals surface area (Å²) in [6.07, 6.45) is 0. The third-order valence-electron chi connectivity index (χ3n) is 5.19. The van der Waals surface area contributed by atoms with Gasteiger partial charge in [-0.25, -0.2) is 9.64 Å². The monoisotopic (exact) mass is 411 g/mol. The molecule has 1 aromatic heterocycles. The van der Waals surface area contributed by atoms with Gasteiger partial charge in [0.1, 0.15) is 12.4 Å². The first kappa shape index (κ1) is 20.1. The molecule has 0 unspecified atom stereocenters. The molecule has 0 atom stereocenters. The number of hydrogen-bond donors (Lipinski definition) is 0. The van der Waals surface area contributed by atoms with Crippen molar-refractivity contribution in [1.29, 1.82) is 0 Å². The number of rotatable bonds is 5. The number of nitrogens with zero attached hydrogens (tertiary/aromatic N) is 5. The van der Waals surface area contributed by atoms with Gasteiger partial charge in [0.2, 0.25) is 0 Å². The van der Waals surface area contributed by atoms with Gasteiger partial charge in [-0.1, -0.05) is 36.4 Å². The second kappa shape index (κ2) is 8.28. The molecule has 0 radical (unpaired) electrons. The number of aryl methyl sites for hydroxylation is 3. The molecule has 4 rings (SSSR count). The van der Waals surface area contributed by atoms with E-state index in [4.69, 9.17) is 11.3 Å². The van der Waals surface area contributed by atoms with Crippen LogP contribution in [0.5, 0.6) is 5.75 Å². The molecule has 0 aliphatic rings. The minimum Gasteiger partial charge on any atom is -0.489 e. The molecule has 7 heteroatoms. The zero-order chi connectivity index (χ0) is 22.0. The number of ether oxygens (including phenoxy) is 1. The van der Waals surface area contributed by atoms with Crippen LogP contribution in [0.25, 0.3) is 21.7 Å². The summed E-state index contributed by atoms with van der Waals surface area (Å²) < 4.78 is 8.61. The Morgan fingerprint density at radius 2 is 1.74 bits per heavy atom. The SMILES string of the molecule is [C-]#[N+]c1cccc(-c2ccc(OCc3c(C)cccc3-n3nnn(C)c3=O)c(C)c2)c1. The molecule has 0 fully saturated rings. The first-order chi connectivity index (χ1) is 15.0. The van der Waals surface area contributed by atoms with Crippen LogP contribution in [0.4, 0.5) is 5.69 Å². The molecule has 31 heavy (non-hydrogen) atoms. The highest BCUT2D eigenvalue weighted by Crippen LogP contribution is 2.29. The van der Waals surface area contributed by atoms with Gasteiger partial charge in [-0.2, -0.15) is 9.36 Å². The minimum atomic E-state index is -0.311. The lowest BCUT2D eigenvalue weighted by Gasteiger charge is -2.15. The quantitative estimate of drug-likeness (QED) is 0.457. The summed E-state index contributed by atoms with van der Waals surface area (Å²) in [5, 5.41) is 7.76. The molecule has 0 aliphatic heterocycles. The predicted molar refractivity (Wildman–Crippen MR) is 119 cm³/mol. The summed E-state index contributed by atoms with van der Waals surface area (Å²) in [5.41, 5.74) is 5.83. The standard InChI is InChI=1S/C24H21N5O2/c1-16-7-5-10-22(29-24(30)28(4)26-27-29)21(16)15-31-23-12-11-19(13-17(23)2)18-8-6-9-20(14-18)25-3/h5-14H,15H2,1-2,4H3. The van der Waals surface area contributed by atoms with Crippen molar-refractivity contribution in [2.45, 2.75) is 20.5 Å². The fourth-order valence-corrected chi connectivity index (χ4v) is 3.43. The summed E-state index contributed by atoms with van der Waals surface area (Å²) in [6.45, 7) is 11.5. The normalized spacial score (nSPS) is 10.6. The number of tetrazole rings is 1. The summed E-state index contributed by atoms with van der Waals surface area (Å²) in [6, 6.07) is 19.2. The van der Waals surface area contributed by atoms with Crippen LogP contribution < -0.4 is 10.4 Å². The van der Waals surface area contributed by atoms with Crippen molar-refractivity contribution in [3.63, 3.8) is 0 Å². The molecule has 0 spiro atoms. The van der Waals surface area contributed by atoms with Crippen LogP contribution >= 0.6 is 0 Å². The van der Waals surface area contributed by atoms with Gasteiger partial charge >= 0.3 is 5.69 Å². The highest BCUT2D eigenvalue weighted by Gasteiger charge is 2.14. The molecule has 0 aliphatic carbocycles. The number of aromatic nitrogens is 4. The van der Waals surface area contributed by atoms with E-state index >= 15 is 0 Å². The molecular formula is C24H21N5O2. The van der Waals surface area contributed by atoms with Gasteiger partial charge < -0.3 is 4.74 Å². The Balaban J connectivity index is 1.61. The third kappa shape index (κ3) is 3.96. The number of hydrogen-bond acceptors (Lipinski definition) is 4. The van der Waals surface area contributed by atoms with Crippen LogP contribution in [-0.2, 0) is 13.7 Å². The molecule has 7 nitrogen and oxygen atoms in total. The van der Waals surface area contributed by atoms with Crippen molar-refractivity contribution in [2.75, 3.05) is 0 Å². The maximum atomic E-state index is 12.3. The highest BCUT2D eigenvalue weighted by atomic mass is 16.5. The molecule has 0 saturated carbocycles. The Morgan fingerprint density at radius 3 is 2.45 bits per heavy atom. The predicted octanol–water partition coefficient (Wildman–Crippen LogP) is 4.38. The molecule has 3 aromatic carbocycles. The van der Waals surface area contributed by atoms with E-state index in [1.54, 1.807) is 13.1 Å². The van der Waals surface area contributed by atoms with E-state index in [9.17, 15) is 4.79 Å². The van der Waals surface area contributed by atoms with Gasteiger partial charge in [0.15, 0.2) is 5.69 Å². The van der Waals surface area contributed by atoms with E-state index in [1.807, 2.05) is 68.4 Å². The lowest BCUT2D eigenvalue weighted by Crippen LogP contribution is -2.23. The first-order valence-electron chi connectivity index (χ1n) is 9.77. The van der Waals surface area contributed by atoms with Gasteiger partial charge in [0.05, 0.1) is 12.3 Å². The van der Waals surface area contributed by atoms with Gasteiger partial charge in [0.25, 0.3) is 0 Å². The maximum absolute atomic E-state index is 12.3. The third-order valence-corrected chi connectivity index (χ3v) is 5.19. The summed E-state index contributed by atoms with van der Waals surface area (Å²) in [7, 11) is 1.57. The van der Waals surface area contributed by atoms with Crippen molar-refractivity contribution >= 4 is 5.69 Å². The highest BCUT2D eigenvalue weighted by molar-refractivity contribution is 5.69. The Hall–Kier alpha value is -4.18. The molecule has 0 saturated heterocycles. The zero-order valence-corrected chi connectivity index (χ0v) is 17.5. The second-order valence-corrected chi connectivity index (χ2v) is 7.30. The van der Waals surface area contributed by atoms with Gasteiger partial charge in [-0.15, -0.1) is 0 Å². The Bertz CT molecular complexity index is 1360. The zero-order valence-electron chi connectivity index (χ0n) is 17.5. The first-order valence-corrected chi connectivity index (χ1v) is 9.77. The van der Waals surface area contributed by atoms with Crippen molar-refractivity contribution in [2.24, 2.45) is 7.05 Å². The molecule has 4 aromatic rings. The second-order valence-electron chi connectivity index (χ2n) is 7.30. The van der Waals surface area contributed by atoms with Crippen LogP contribution in [0.15, 0.2) is 65.5 Å². The van der Waals surface area contributed by atoms with Gasteiger partial charge in [-0.3, -0.25) is 0 Å². The van der Waals surface area contributed by atoms with Crippen LogP contribution in [0.1, 0.15) is 16.7 Å². The fourth-order valence-electron chi connectivity index (χ4n) is 3.43. The van der Waals surface area contributed by atoms with E-state index in [-0.39, 0.29) is 5.69 Å². The van der Waals surface area contributed by atoms with Crippen molar-refractivity contribution in [1.82, 2.24) is 19.8 Å². The van der Waals surface area contributed by atoms with Crippen LogP contribution in [0, 0.1) is 20.4 Å². The van der Waals surface area contributed by atoms with Crippen LogP contribution in [0.3, 0.4) is 0 Å². The Morgan fingerprint density at radius 1 is 0.968 bits per heavy atom. The van der Waals surface area contributed by atoms with E-state index in [0.29, 0.717) is 18.0 Å². The van der Waals surface area contributed by atoms with Gasteiger partial charge in [0, 0.05) is 12.6 Å². The van der Waals surface area contributed by atoms with Crippen molar-refractivity contribution in [3.8, 4) is 22.6 Å². The molecule has 0 N–H and O–H groups in total. The van der Waals surface area contributed by atoms with E-state index in [2.05, 4.69) is 15.3 Å². The average Bonchev–Trinajstić information content (AvgIpc) is 3.11. The summed E-state index contributed by atoms with van der Waals surface area (Å²) in [5.74, 6) is 0.755. The molecule has 0 bridgehead atoms. The largest absolute Gasteiger partial charge is 0.489 e. The van der Waals surface area contributed by atoms with E-state index in [0.717, 1.165) is 33.6 Å². The lowest BCUT2D eigenvalue weighted by molar-refractivity contribution is 0.302. The maximum Gasteiger partial charge on any atom is 0.368 e. The van der Waals surface area contributed by atoms with E-state index < -0.39 is 0 Å². The van der Waals surface area contributed by atoms with Crippen molar-refractivity contribution in [3.05, 3.63) is 99.3 Å². The molecule has 1 heterocycles.